The topological polar surface area (TPSA) is 71.0 Å². The molecule has 0 spiro atoms. The molecule has 6 nitrogen and oxygen atoms in total. The number of piperidine rings is 1. The number of nitrogens with one attached hydrogen (secondary N) is 1. The van der Waals surface area contributed by atoms with Crippen LogP contribution in [0.25, 0.3) is 11.0 Å². The average Bonchev–Trinajstić information content (AvgIpc) is 3.31. The number of anilines is 2. The average molecular weight is 410 g/mol. The Morgan fingerprint density at radius 2 is 2.21 bits per heavy atom. The van der Waals surface area contributed by atoms with Gasteiger partial charge in [0.2, 0.25) is 5.91 Å². The zero-order valence-corrected chi connectivity index (χ0v) is 16.2. The molecule has 1 saturated heterocycles. The monoisotopic (exact) mass is 409 g/mol. The highest BCUT2D eigenvalue weighted by Crippen LogP contribution is 2.58. The second kappa shape index (κ2) is 6.49. The zero-order valence-electron chi connectivity index (χ0n) is 15.4. The maximum Gasteiger partial charge on any atom is 0.245 e. The van der Waals surface area contributed by atoms with Gasteiger partial charge in [-0.15, -0.1) is 0 Å². The number of hydrogen-bond donors (Lipinski definition) is 1. The Morgan fingerprint density at radius 1 is 1.34 bits per heavy atom. The molecule has 2 aromatic heterocycles. The summed E-state index contributed by atoms with van der Waals surface area (Å²) in [6, 6.07) is 8.58. The standard InChI is InChI=1S/C21H17ClFN5O/c1-2-17(29)28-9-12-8-21(12,10-28)16-7-6-15-19(27-16)20(25-11-24-15)26-14-5-3-4-13(22)18(14)23/h2-7,11-12H,1,8-10H2,(H,24,25,26)/t12?,21-/m0/s1. The van der Waals surface area contributed by atoms with E-state index in [0.717, 1.165) is 12.1 Å². The number of carbonyl (C=O) groups excluding carboxylic acids is 1. The van der Waals surface area contributed by atoms with Crippen LogP contribution in [-0.4, -0.2) is 38.8 Å². The molecule has 3 heterocycles. The van der Waals surface area contributed by atoms with Crippen molar-refractivity contribution in [1.82, 2.24) is 19.9 Å². The summed E-state index contributed by atoms with van der Waals surface area (Å²) in [7, 11) is 0. The number of carbonyl (C=O) groups is 1. The Balaban J connectivity index is 1.53. The van der Waals surface area contributed by atoms with Gasteiger partial charge in [-0.1, -0.05) is 24.2 Å². The van der Waals surface area contributed by atoms with Crippen molar-refractivity contribution in [3.05, 3.63) is 65.8 Å². The van der Waals surface area contributed by atoms with Crippen molar-refractivity contribution in [3.63, 3.8) is 0 Å². The lowest BCUT2D eigenvalue weighted by atomic mass is 10.0. The van der Waals surface area contributed by atoms with Crippen molar-refractivity contribution in [1.29, 1.82) is 0 Å². The highest BCUT2D eigenvalue weighted by atomic mass is 35.5. The van der Waals surface area contributed by atoms with Crippen molar-refractivity contribution in [2.24, 2.45) is 5.92 Å². The van der Waals surface area contributed by atoms with E-state index in [2.05, 4.69) is 21.9 Å². The molecule has 0 bridgehead atoms. The van der Waals surface area contributed by atoms with Crippen LogP contribution in [0.1, 0.15) is 12.1 Å². The first-order chi connectivity index (χ1) is 14.0. The van der Waals surface area contributed by atoms with E-state index in [0.29, 0.717) is 35.9 Å². The fourth-order valence-corrected chi connectivity index (χ4v) is 4.39. The Morgan fingerprint density at radius 3 is 3.03 bits per heavy atom. The van der Waals surface area contributed by atoms with Crippen LogP contribution in [0.15, 0.2) is 49.3 Å². The van der Waals surface area contributed by atoms with Crippen molar-refractivity contribution in [3.8, 4) is 0 Å². The quantitative estimate of drug-likeness (QED) is 0.663. The molecular weight excluding hydrogens is 393 g/mol. The van der Waals surface area contributed by atoms with Gasteiger partial charge in [-0.05, 0) is 42.7 Å². The van der Waals surface area contributed by atoms with Gasteiger partial charge >= 0.3 is 0 Å². The van der Waals surface area contributed by atoms with Crippen molar-refractivity contribution < 1.29 is 9.18 Å². The van der Waals surface area contributed by atoms with Crippen LogP contribution >= 0.6 is 11.6 Å². The predicted molar refractivity (Wildman–Crippen MR) is 109 cm³/mol. The summed E-state index contributed by atoms with van der Waals surface area (Å²) >= 11 is 5.88. The number of halogens is 2. The van der Waals surface area contributed by atoms with Crippen molar-refractivity contribution >= 4 is 40.0 Å². The second-order valence-corrected chi connectivity index (χ2v) is 7.90. The van der Waals surface area contributed by atoms with Crippen LogP contribution in [0.3, 0.4) is 0 Å². The van der Waals surface area contributed by atoms with E-state index in [-0.39, 0.29) is 22.0 Å². The molecule has 1 amide bonds. The third-order valence-electron chi connectivity index (χ3n) is 5.83. The molecule has 1 N–H and O–H groups in total. The normalized spacial score (nSPS) is 22.4. The van der Waals surface area contributed by atoms with Gasteiger partial charge in [0.05, 0.1) is 16.2 Å². The predicted octanol–water partition coefficient (Wildman–Crippen LogP) is 3.85. The molecule has 3 aromatic rings. The van der Waals surface area contributed by atoms with E-state index < -0.39 is 5.82 Å². The Bertz CT molecular complexity index is 1170. The van der Waals surface area contributed by atoms with Gasteiger partial charge in [0.1, 0.15) is 11.8 Å². The lowest BCUT2D eigenvalue weighted by Gasteiger charge is -2.19. The lowest BCUT2D eigenvalue weighted by molar-refractivity contribution is -0.125. The molecule has 1 unspecified atom stereocenters. The number of pyridine rings is 1. The van der Waals surface area contributed by atoms with E-state index >= 15 is 0 Å². The number of hydrogen-bond acceptors (Lipinski definition) is 5. The molecule has 1 aliphatic heterocycles. The molecule has 1 aromatic carbocycles. The third kappa shape index (κ3) is 2.84. The van der Waals surface area contributed by atoms with Crippen LogP contribution in [0.4, 0.5) is 15.9 Å². The molecule has 146 valence electrons. The number of likely N-dealkylation sites (tertiary alicyclic amines) is 1. The number of fused-ring (bicyclic) bond motifs is 2. The molecule has 8 heteroatoms. The minimum absolute atomic E-state index is 0.0275. The molecule has 2 atom stereocenters. The highest BCUT2D eigenvalue weighted by molar-refractivity contribution is 6.31. The van der Waals surface area contributed by atoms with Gasteiger partial charge in [-0.25, -0.2) is 19.3 Å². The van der Waals surface area contributed by atoms with Crippen LogP contribution in [0, 0.1) is 11.7 Å². The summed E-state index contributed by atoms with van der Waals surface area (Å²) in [5, 5.41) is 3.01. The fourth-order valence-electron chi connectivity index (χ4n) is 4.21. The van der Waals surface area contributed by atoms with Gasteiger partial charge in [-0.2, -0.15) is 0 Å². The van der Waals surface area contributed by atoms with Crippen molar-refractivity contribution in [2.45, 2.75) is 11.8 Å². The zero-order chi connectivity index (χ0) is 20.2. The summed E-state index contributed by atoms with van der Waals surface area (Å²) in [6.45, 7) is 4.92. The van der Waals surface area contributed by atoms with Gasteiger partial charge in [-0.3, -0.25) is 4.79 Å². The minimum Gasteiger partial charge on any atom is -0.338 e. The van der Waals surface area contributed by atoms with Gasteiger partial charge in [0, 0.05) is 24.2 Å². The van der Waals surface area contributed by atoms with E-state index in [4.69, 9.17) is 16.6 Å². The maximum absolute atomic E-state index is 14.3. The summed E-state index contributed by atoms with van der Waals surface area (Å²) in [5.74, 6) is 0.193. The minimum atomic E-state index is -0.549. The van der Waals surface area contributed by atoms with Gasteiger partial charge in [0.15, 0.2) is 11.6 Å². The maximum atomic E-state index is 14.3. The van der Waals surface area contributed by atoms with E-state index in [9.17, 15) is 9.18 Å². The summed E-state index contributed by atoms with van der Waals surface area (Å²) in [4.78, 5) is 27.2. The number of rotatable bonds is 4. The van der Waals surface area contributed by atoms with Gasteiger partial charge < -0.3 is 10.2 Å². The van der Waals surface area contributed by atoms with Crippen LogP contribution in [0.2, 0.25) is 5.02 Å². The SMILES string of the molecule is C=CC(=O)N1CC2C[C@]2(c2ccc3ncnc(Nc4cccc(Cl)c4F)c3n2)C1. The first-order valence-corrected chi connectivity index (χ1v) is 9.64. The molecule has 1 aliphatic carbocycles. The van der Waals surface area contributed by atoms with E-state index in [1.807, 2.05) is 17.0 Å². The molecule has 2 aliphatic rings. The third-order valence-corrected chi connectivity index (χ3v) is 6.12. The Labute approximate surface area is 171 Å². The fraction of sp³-hybridized carbons (Fsp3) is 0.238. The second-order valence-electron chi connectivity index (χ2n) is 7.49. The number of benzene rings is 1. The van der Waals surface area contributed by atoms with Crippen LogP contribution in [0.5, 0.6) is 0 Å². The van der Waals surface area contributed by atoms with E-state index in [1.54, 1.807) is 12.1 Å². The number of amides is 1. The number of nitrogens with zero attached hydrogens (tertiary/aromatic N) is 4. The highest BCUT2D eigenvalue weighted by Gasteiger charge is 2.62. The summed E-state index contributed by atoms with van der Waals surface area (Å²) in [6.07, 6.45) is 3.75. The smallest absolute Gasteiger partial charge is 0.245 e. The lowest BCUT2D eigenvalue weighted by Crippen LogP contribution is -2.31. The van der Waals surface area contributed by atoms with Gasteiger partial charge in [0.25, 0.3) is 0 Å². The van der Waals surface area contributed by atoms with Crippen molar-refractivity contribution in [2.75, 3.05) is 18.4 Å². The molecule has 1 saturated carbocycles. The van der Waals surface area contributed by atoms with E-state index in [1.165, 1.54) is 18.5 Å². The summed E-state index contributed by atoms with van der Waals surface area (Å²) < 4.78 is 14.3. The first-order valence-electron chi connectivity index (χ1n) is 9.26. The Kier molecular flexibility index (Phi) is 4.03. The molecular formula is C21H17ClFN5O. The number of aromatic nitrogens is 3. The largest absolute Gasteiger partial charge is 0.338 e. The van der Waals surface area contributed by atoms with Crippen LogP contribution in [-0.2, 0) is 10.2 Å². The summed E-state index contributed by atoms with van der Waals surface area (Å²) in [5.41, 5.74) is 2.19. The Hall–Kier alpha value is -3.06. The molecule has 2 fully saturated rings. The molecule has 29 heavy (non-hydrogen) atoms. The van der Waals surface area contributed by atoms with Crippen LogP contribution < -0.4 is 5.32 Å². The first kappa shape index (κ1) is 18.0. The molecule has 5 rings (SSSR count). The molecule has 0 radical (unpaired) electrons.